The Hall–Kier alpha value is -3.01. The van der Waals surface area contributed by atoms with Gasteiger partial charge in [0.1, 0.15) is 17.2 Å². The Balaban J connectivity index is 2.00. The summed E-state index contributed by atoms with van der Waals surface area (Å²) in [5.41, 5.74) is 0.407. The molecule has 1 aromatic heterocycles. The number of benzene rings is 1. The van der Waals surface area contributed by atoms with Gasteiger partial charge in [0.15, 0.2) is 5.82 Å². The molecular weight excluding hydrogens is 503 g/mol. The van der Waals surface area contributed by atoms with Crippen molar-refractivity contribution in [2.75, 3.05) is 33.4 Å². The van der Waals surface area contributed by atoms with E-state index < -0.39 is 29.5 Å². The molecule has 1 aliphatic heterocycles. The molecule has 2 amide bonds. The highest BCUT2D eigenvalue weighted by Gasteiger charge is 2.39. The van der Waals surface area contributed by atoms with Crippen molar-refractivity contribution in [3.63, 3.8) is 0 Å². The summed E-state index contributed by atoms with van der Waals surface area (Å²) in [6.45, 7) is 12.9. The number of nitrogens with zero attached hydrogens (tertiary/aromatic N) is 4. The number of Topliss-reactive ketones (excluding diaryl/α,β-unsaturated/α-hetero) is 1. The number of likely N-dealkylation sites (tertiary alicyclic amines) is 1. The fraction of sp³-hybridized carbons (Fsp3) is 0.655. The van der Waals surface area contributed by atoms with Crippen LogP contribution in [0.5, 0.6) is 0 Å². The fourth-order valence-corrected chi connectivity index (χ4v) is 4.99. The molecule has 0 radical (unpaired) electrons. The zero-order chi connectivity index (χ0) is 28.9. The molecule has 1 aromatic carbocycles. The monoisotopic (exact) mass is 546 g/mol. The van der Waals surface area contributed by atoms with Crippen molar-refractivity contribution in [1.82, 2.24) is 19.4 Å². The van der Waals surface area contributed by atoms with Crippen LogP contribution in [-0.2, 0) is 20.8 Å². The number of ether oxygens (including phenoxy) is 2. The molecular formula is C29H43FN4O5. The van der Waals surface area contributed by atoms with E-state index in [1.54, 1.807) is 43.4 Å². The zero-order valence-electron chi connectivity index (χ0n) is 24.3. The molecule has 3 rings (SSSR count). The zero-order valence-corrected chi connectivity index (χ0v) is 24.3. The third-order valence-electron chi connectivity index (χ3n) is 6.80. The van der Waals surface area contributed by atoms with Crippen molar-refractivity contribution in [2.24, 2.45) is 11.8 Å². The minimum atomic E-state index is -0.688. The number of piperidine rings is 1. The lowest BCUT2D eigenvalue weighted by Crippen LogP contribution is -2.56. The summed E-state index contributed by atoms with van der Waals surface area (Å²) < 4.78 is 26.8. The van der Waals surface area contributed by atoms with Gasteiger partial charge in [0.25, 0.3) is 5.91 Å². The standard InChI is InChI=1S/C29H43FN4O5/c1-19(2)16-34(23-14-21(20(3)35)17-32(18-23)28(37)39-29(4,5)6)27(36)26-31-24-11-10-22(30)15-25(24)33(26)12-8-9-13-38-7/h10-11,15,19,21,23H,8-9,12-14,16-18H2,1-7H3/t21?,23-/m0/s1. The Bertz CT molecular complexity index is 1170. The van der Waals surface area contributed by atoms with Gasteiger partial charge in [-0.2, -0.15) is 0 Å². The lowest BCUT2D eigenvalue weighted by atomic mass is 9.90. The van der Waals surface area contributed by atoms with Crippen LogP contribution in [0.3, 0.4) is 0 Å². The number of fused-ring (bicyclic) bond motifs is 1. The minimum absolute atomic E-state index is 0.0361. The molecule has 1 fully saturated rings. The van der Waals surface area contributed by atoms with Crippen LogP contribution in [0, 0.1) is 17.7 Å². The minimum Gasteiger partial charge on any atom is -0.444 e. The van der Waals surface area contributed by atoms with Gasteiger partial charge in [-0.1, -0.05) is 13.8 Å². The number of methoxy groups -OCH3 is 1. The first-order chi connectivity index (χ1) is 18.3. The van der Waals surface area contributed by atoms with Crippen LogP contribution in [0.2, 0.25) is 0 Å². The molecule has 216 valence electrons. The van der Waals surface area contributed by atoms with E-state index in [9.17, 15) is 18.8 Å². The van der Waals surface area contributed by atoms with Crippen LogP contribution >= 0.6 is 0 Å². The maximum absolute atomic E-state index is 14.2. The van der Waals surface area contributed by atoms with Crippen molar-refractivity contribution in [3.8, 4) is 0 Å². The molecule has 0 aliphatic carbocycles. The van der Waals surface area contributed by atoms with Gasteiger partial charge < -0.3 is 23.8 Å². The molecule has 0 spiro atoms. The Morgan fingerprint density at radius 1 is 1.18 bits per heavy atom. The summed E-state index contributed by atoms with van der Waals surface area (Å²) in [7, 11) is 1.64. The maximum Gasteiger partial charge on any atom is 0.410 e. The van der Waals surface area contributed by atoms with Crippen molar-refractivity contribution in [3.05, 3.63) is 29.8 Å². The number of unbranched alkanes of at least 4 members (excludes halogenated alkanes) is 1. The van der Waals surface area contributed by atoms with Crippen LogP contribution < -0.4 is 0 Å². The molecule has 0 N–H and O–H groups in total. The van der Waals surface area contributed by atoms with Gasteiger partial charge in [-0.05, 0) is 71.1 Å². The van der Waals surface area contributed by atoms with Gasteiger partial charge in [0.2, 0.25) is 0 Å². The van der Waals surface area contributed by atoms with Gasteiger partial charge in [0, 0.05) is 45.8 Å². The van der Waals surface area contributed by atoms with Crippen molar-refractivity contribution in [1.29, 1.82) is 0 Å². The van der Waals surface area contributed by atoms with Gasteiger partial charge >= 0.3 is 6.09 Å². The van der Waals surface area contributed by atoms with E-state index in [0.717, 1.165) is 12.8 Å². The maximum atomic E-state index is 14.2. The summed E-state index contributed by atoms with van der Waals surface area (Å²) in [5.74, 6) is -0.804. The Morgan fingerprint density at radius 2 is 1.90 bits per heavy atom. The first-order valence-corrected chi connectivity index (χ1v) is 13.7. The smallest absolute Gasteiger partial charge is 0.410 e. The van der Waals surface area contributed by atoms with Gasteiger partial charge in [-0.15, -0.1) is 0 Å². The Labute approximate surface area is 230 Å². The van der Waals surface area contributed by atoms with E-state index in [1.807, 2.05) is 13.8 Å². The Morgan fingerprint density at radius 3 is 2.51 bits per heavy atom. The number of carbonyl (C=O) groups excluding carboxylic acids is 3. The van der Waals surface area contributed by atoms with E-state index in [1.165, 1.54) is 24.0 Å². The number of hydrogen-bond donors (Lipinski definition) is 0. The van der Waals surface area contributed by atoms with Crippen molar-refractivity contribution in [2.45, 2.75) is 79.0 Å². The third-order valence-corrected chi connectivity index (χ3v) is 6.80. The summed E-state index contributed by atoms with van der Waals surface area (Å²) in [6.07, 6.45) is 1.44. The molecule has 1 aliphatic rings. The number of ketones is 1. The SMILES string of the molecule is COCCCCn1c(C(=O)N(CC(C)C)[C@H]2CC(C(C)=O)CN(C(=O)OC(C)(C)C)C2)nc2ccc(F)cc21. The predicted octanol–water partition coefficient (Wildman–Crippen LogP) is 4.91. The number of amides is 2. The van der Waals surface area contributed by atoms with Crippen molar-refractivity contribution >= 4 is 28.8 Å². The average Bonchev–Trinajstić information content (AvgIpc) is 3.20. The van der Waals surface area contributed by atoms with Crippen LogP contribution in [0.1, 0.15) is 71.4 Å². The molecule has 0 saturated carbocycles. The predicted molar refractivity (Wildman–Crippen MR) is 147 cm³/mol. The second kappa shape index (κ2) is 12.9. The lowest BCUT2D eigenvalue weighted by Gasteiger charge is -2.42. The largest absolute Gasteiger partial charge is 0.444 e. The number of imidazole rings is 1. The second-order valence-electron chi connectivity index (χ2n) is 11.9. The van der Waals surface area contributed by atoms with Crippen LogP contribution in [0.25, 0.3) is 11.0 Å². The van der Waals surface area contributed by atoms with Crippen LogP contribution in [-0.4, -0.2) is 82.1 Å². The molecule has 0 bridgehead atoms. The molecule has 1 saturated heterocycles. The number of hydrogen-bond acceptors (Lipinski definition) is 6. The van der Waals surface area contributed by atoms with Gasteiger partial charge in [-0.25, -0.2) is 14.2 Å². The number of aromatic nitrogens is 2. The van der Waals surface area contributed by atoms with E-state index in [2.05, 4.69) is 4.98 Å². The van der Waals surface area contributed by atoms with E-state index in [-0.39, 0.29) is 36.5 Å². The van der Waals surface area contributed by atoms with E-state index >= 15 is 0 Å². The van der Waals surface area contributed by atoms with Crippen LogP contribution in [0.15, 0.2) is 18.2 Å². The lowest BCUT2D eigenvalue weighted by molar-refractivity contribution is -0.123. The molecule has 2 atom stereocenters. The van der Waals surface area contributed by atoms with E-state index in [0.29, 0.717) is 37.2 Å². The molecule has 10 heteroatoms. The Kier molecular flexibility index (Phi) is 10.1. The quantitative estimate of drug-likeness (QED) is 0.393. The van der Waals surface area contributed by atoms with Gasteiger partial charge in [-0.3, -0.25) is 9.59 Å². The average molecular weight is 547 g/mol. The molecule has 2 aromatic rings. The first-order valence-electron chi connectivity index (χ1n) is 13.7. The summed E-state index contributed by atoms with van der Waals surface area (Å²) in [6, 6.07) is 3.91. The highest BCUT2D eigenvalue weighted by Crippen LogP contribution is 2.27. The summed E-state index contributed by atoms with van der Waals surface area (Å²) >= 11 is 0. The molecule has 1 unspecified atom stereocenters. The van der Waals surface area contributed by atoms with E-state index in [4.69, 9.17) is 9.47 Å². The number of rotatable bonds is 10. The third kappa shape index (κ3) is 8.00. The first kappa shape index (κ1) is 30.5. The second-order valence-corrected chi connectivity index (χ2v) is 11.9. The normalized spacial score (nSPS) is 18.0. The summed E-state index contributed by atoms with van der Waals surface area (Å²) in [4.78, 5) is 47.7. The molecule has 39 heavy (non-hydrogen) atoms. The topological polar surface area (TPSA) is 94.0 Å². The number of halogens is 1. The fourth-order valence-electron chi connectivity index (χ4n) is 4.99. The highest BCUT2D eigenvalue weighted by molar-refractivity contribution is 5.95. The highest BCUT2D eigenvalue weighted by atomic mass is 19.1. The summed E-state index contributed by atoms with van der Waals surface area (Å²) in [5, 5.41) is 0. The molecule has 2 heterocycles. The van der Waals surface area contributed by atoms with Crippen LogP contribution in [0.4, 0.5) is 9.18 Å². The number of aryl methyl sites for hydroxylation is 1. The number of carbonyl (C=O) groups is 3. The van der Waals surface area contributed by atoms with Crippen molar-refractivity contribution < 1.29 is 28.2 Å². The van der Waals surface area contributed by atoms with Gasteiger partial charge in [0.05, 0.1) is 17.1 Å². The molecule has 9 nitrogen and oxygen atoms in total.